The summed E-state index contributed by atoms with van der Waals surface area (Å²) in [6.45, 7) is 6.27. The van der Waals surface area contributed by atoms with Crippen LogP contribution in [-0.4, -0.2) is 24.5 Å². The van der Waals surface area contributed by atoms with Crippen molar-refractivity contribution in [3.05, 3.63) is 53.6 Å². The molecule has 1 unspecified atom stereocenters. The average molecular weight is 352 g/mol. The predicted octanol–water partition coefficient (Wildman–Crippen LogP) is 3.70. The summed E-state index contributed by atoms with van der Waals surface area (Å²) in [6.07, 6.45) is 0.610. The molecule has 1 aliphatic rings. The highest BCUT2D eigenvalue weighted by Gasteiger charge is 2.30. The molecule has 136 valence electrons. The minimum absolute atomic E-state index is 0.0509. The first-order valence-electron chi connectivity index (χ1n) is 8.95. The van der Waals surface area contributed by atoms with Gasteiger partial charge in [0, 0.05) is 18.7 Å². The van der Waals surface area contributed by atoms with E-state index >= 15 is 0 Å². The standard InChI is InChI=1S/C21H24N2O3/c1-4-23-18-13-17(10-11-19(18)26-15(3)21(23)25)22-20(24)12-9-16-7-5-14(2)6-8-16/h5-8,10-11,13,15H,4,9,12H2,1-3H3,(H,22,24). The van der Waals surface area contributed by atoms with E-state index in [4.69, 9.17) is 4.74 Å². The zero-order chi connectivity index (χ0) is 18.7. The predicted molar refractivity (Wildman–Crippen MR) is 103 cm³/mol. The topological polar surface area (TPSA) is 58.6 Å². The lowest BCUT2D eigenvalue weighted by Crippen LogP contribution is -2.44. The van der Waals surface area contributed by atoms with E-state index in [1.165, 1.54) is 5.56 Å². The lowest BCUT2D eigenvalue weighted by atomic mass is 10.1. The molecule has 0 saturated heterocycles. The Bertz CT molecular complexity index is 815. The number of anilines is 2. The van der Waals surface area contributed by atoms with Crippen molar-refractivity contribution in [3.63, 3.8) is 0 Å². The second kappa shape index (κ2) is 7.60. The smallest absolute Gasteiger partial charge is 0.267 e. The summed E-state index contributed by atoms with van der Waals surface area (Å²) < 4.78 is 5.65. The number of rotatable bonds is 5. The third-order valence-corrected chi connectivity index (χ3v) is 4.53. The first-order valence-corrected chi connectivity index (χ1v) is 8.95. The molecule has 1 atom stereocenters. The summed E-state index contributed by atoms with van der Waals surface area (Å²) in [5.74, 6) is 0.546. The maximum absolute atomic E-state index is 12.3. The van der Waals surface area contributed by atoms with Gasteiger partial charge in [-0.15, -0.1) is 0 Å². The van der Waals surface area contributed by atoms with Gasteiger partial charge in [0.05, 0.1) is 5.69 Å². The molecule has 0 fully saturated rings. The number of amides is 2. The molecular weight excluding hydrogens is 328 g/mol. The third kappa shape index (κ3) is 3.87. The van der Waals surface area contributed by atoms with Crippen LogP contribution in [0.25, 0.3) is 0 Å². The van der Waals surface area contributed by atoms with E-state index in [2.05, 4.69) is 5.32 Å². The minimum Gasteiger partial charge on any atom is -0.479 e. The fourth-order valence-electron chi connectivity index (χ4n) is 3.05. The number of nitrogens with zero attached hydrogens (tertiary/aromatic N) is 1. The van der Waals surface area contributed by atoms with Crippen LogP contribution in [0.2, 0.25) is 0 Å². The van der Waals surface area contributed by atoms with Gasteiger partial charge in [-0.2, -0.15) is 0 Å². The third-order valence-electron chi connectivity index (χ3n) is 4.53. The molecule has 1 heterocycles. The van der Waals surface area contributed by atoms with E-state index in [1.54, 1.807) is 30.0 Å². The normalized spacial score (nSPS) is 16.0. The summed E-state index contributed by atoms with van der Waals surface area (Å²) >= 11 is 0. The van der Waals surface area contributed by atoms with Gasteiger partial charge in [0.25, 0.3) is 5.91 Å². The van der Waals surface area contributed by atoms with Crippen LogP contribution in [0.4, 0.5) is 11.4 Å². The van der Waals surface area contributed by atoms with Gasteiger partial charge >= 0.3 is 0 Å². The quantitative estimate of drug-likeness (QED) is 0.893. The molecule has 1 aliphatic heterocycles. The van der Waals surface area contributed by atoms with Gasteiger partial charge in [-0.25, -0.2) is 0 Å². The van der Waals surface area contributed by atoms with Gasteiger partial charge in [0.15, 0.2) is 6.10 Å². The highest BCUT2D eigenvalue weighted by molar-refractivity contribution is 6.01. The molecule has 3 rings (SSSR count). The first kappa shape index (κ1) is 18.0. The molecule has 26 heavy (non-hydrogen) atoms. The number of ether oxygens (including phenoxy) is 1. The van der Waals surface area contributed by atoms with E-state index in [0.29, 0.717) is 36.5 Å². The van der Waals surface area contributed by atoms with Crippen LogP contribution in [0.1, 0.15) is 31.4 Å². The number of hydrogen-bond donors (Lipinski definition) is 1. The number of carbonyl (C=O) groups excluding carboxylic acids is 2. The van der Waals surface area contributed by atoms with Crippen LogP contribution in [0.15, 0.2) is 42.5 Å². The largest absolute Gasteiger partial charge is 0.479 e. The Hall–Kier alpha value is -2.82. The molecule has 1 N–H and O–H groups in total. The number of aryl methyl sites for hydroxylation is 2. The Kier molecular flexibility index (Phi) is 5.26. The average Bonchev–Trinajstić information content (AvgIpc) is 2.63. The van der Waals surface area contributed by atoms with Gasteiger partial charge in [0.1, 0.15) is 5.75 Å². The number of likely N-dealkylation sites (N-methyl/N-ethyl adjacent to an activating group) is 1. The van der Waals surface area contributed by atoms with Crippen molar-refractivity contribution in [1.29, 1.82) is 0 Å². The molecule has 0 radical (unpaired) electrons. The second-order valence-corrected chi connectivity index (χ2v) is 6.56. The van der Waals surface area contributed by atoms with Crippen LogP contribution < -0.4 is 15.0 Å². The number of benzene rings is 2. The summed E-state index contributed by atoms with van der Waals surface area (Å²) in [6, 6.07) is 13.6. The van der Waals surface area contributed by atoms with E-state index in [0.717, 1.165) is 5.56 Å². The van der Waals surface area contributed by atoms with Crippen molar-refractivity contribution in [2.24, 2.45) is 0 Å². The van der Waals surface area contributed by atoms with E-state index < -0.39 is 6.10 Å². The Balaban J connectivity index is 1.67. The molecule has 2 aromatic carbocycles. The Morgan fingerprint density at radius 1 is 1.19 bits per heavy atom. The van der Waals surface area contributed by atoms with Gasteiger partial charge in [-0.05, 0) is 51.0 Å². The van der Waals surface area contributed by atoms with Crippen LogP contribution in [0.3, 0.4) is 0 Å². The molecule has 2 amide bonds. The lowest BCUT2D eigenvalue weighted by molar-refractivity contribution is -0.125. The fraction of sp³-hybridized carbons (Fsp3) is 0.333. The molecule has 0 bridgehead atoms. The summed E-state index contributed by atoms with van der Waals surface area (Å²) in [7, 11) is 0. The van der Waals surface area contributed by atoms with Gasteiger partial charge in [-0.3, -0.25) is 9.59 Å². The second-order valence-electron chi connectivity index (χ2n) is 6.56. The van der Waals surface area contributed by atoms with Crippen LogP contribution in [0, 0.1) is 6.92 Å². The van der Waals surface area contributed by atoms with Crippen molar-refractivity contribution in [3.8, 4) is 5.75 Å². The highest BCUT2D eigenvalue weighted by Crippen LogP contribution is 2.36. The molecule has 0 saturated carbocycles. The van der Waals surface area contributed by atoms with Crippen molar-refractivity contribution < 1.29 is 14.3 Å². The molecule has 2 aromatic rings. The highest BCUT2D eigenvalue weighted by atomic mass is 16.5. The lowest BCUT2D eigenvalue weighted by Gasteiger charge is -2.32. The summed E-state index contributed by atoms with van der Waals surface area (Å²) in [5.41, 5.74) is 3.72. The number of hydrogen-bond acceptors (Lipinski definition) is 3. The van der Waals surface area contributed by atoms with E-state index in [1.807, 2.05) is 38.1 Å². The Morgan fingerprint density at radius 2 is 1.92 bits per heavy atom. The SMILES string of the molecule is CCN1C(=O)C(C)Oc2ccc(NC(=O)CCc3ccc(C)cc3)cc21. The molecule has 0 spiro atoms. The van der Waals surface area contributed by atoms with Crippen molar-refractivity contribution >= 4 is 23.2 Å². The molecule has 0 aliphatic carbocycles. The molecule has 0 aromatic heterocycles. The maximum atomic E-state index is 12.3. The number of carbonyl (C=O) groups is 2. The van der Waals surface area contributed by atoms with Gasteiger partial charge in [-0.1, -0.05) is 29.8 Å². The molecule has 5 heteroatoms. The van der Waals surface area contributed by atoms with E-state index in [-0.39, 0.29) is 11.8 Å². The van der Waals surface area contributed by atoms with Crippen LogP contribution in [-0.2, 0) is 16.0 Å². The van der Waals surface area contributed by atoms with Crippen LogP contribution >= 0.6 is 0 Å². The fourth-order valence-corrected chi connectivity index (χ4v) is 3.05. The first-order chi connectivity index (χ1) is 12.5. The summed E-state index contributed by atoms with van der Waals surface area (Å²) in [5, 5.41) is 2.91. The van der Waals surface area contributed by atoms with E-state index in [9.17, 15) is 9.59 Å². The minimum atomic E-state index is -0.489. The Morgan fingerprint density at radius 3 is 2.62 bits per heavy atom. The number of fused-ring (bicyclic) bond motifs is 1. The zero-order valence-electron chi connectivity index (χ0n) is 15.4. The summed E-state index contributed by atoms with van der Waals surface area (Å²) in [4.78, 5) is 26.2. The van der Waals surface area contributed by atoms with Crippen molar-refractivity contribution in [2.75, 3.05) is 16.8 Å². The number of nitrogens with one attached hydrogen (secondary N) is 1. The van der Waals surface area contributed by atoms with Crippen molar-refractivity contribution in [1.82, 2.24) is 0 Å². The maximum Gasteiger partial charge on any atom is 0.267 e. The van der Waals surface area contributed by atoms with Crippen molar-refractivity contribution in [2.45, 2.75) is 39.7 Å². The van der Waals surface area contributed by atoms with Crippen LogP contribution in [0.5, 0.6) is 5.75 Å². The van der Waals surface area contributed by atoms with Gasteiger partial charge < -0.3 is 15.0 Å². The van der Waals surface area contributed by atoms with Gasteiger partial charge in [0.2, 0.25) is 5.91 Å². The zero-order valence-corrected chi connectivity index (χ0v) is 15.4. The molecular formula is C21H24N2O3. The molecule has 5 nitrogen and oxygen atoms in total. The monoisotopic (exact) mass is 352 g/mol. The Labute approximate surface area is 154 Å².